The molecule has 5 heteroatoms. The van der Waals surface area contributed by atoms with Crippen LogP contribution in [0.5, 0.6) is 0 Å². The van der Waals surface area contributed by atoms with Crippen molar-refractivity contribution in [3.63, 3.8) is 0 Å². The molecule has 2 N–H and O–H groups in total. The van der Waals surface area contributed by atoms with E-state index in [9.17, 15) is 8.42 Å². The summed E-state index contributed by atoms with van der Waals surface area (Å²) in [4.78, 5) is 2.43. The van der Waals surface area contributed by atoms with E-state index in [2.05, 4.69) is 0 Å². The molecule has 1 aliphatic carbocycles. The first kappa shape index (κ1) is 14.3. The van der Waals surface area contributed by atoms with E-state index in [1.165, 1.54) is 12.7 Å². The van der Waals surface area contributed by atoms with E-state index < -0.39 is 9.84 Å². The van der Waals surface area contributed by atoms with E-state index >= 15 is 0 Å². The fourth-order valence-electron chi connectivity index (χ4n) is 2.86. The molecule has 106 valence electrons. The number of anilines is 1. The lowest BCUT2D eigenvalue weighted by Gasteiger charge is -2.38. The van der Waals surface area contributed by atoms with Crippen LogP contribution >= 0.6 is 0 Å². The molecule has 1 aliphatic rings. The van der Waals surface area contributed by atoms with Gasteiger partial charge >= 0.3 is 0 Å². The Labute approximate surface area is 115 Å². The molecule has 0 aliphatic heterocycles. The molecule has 0 radical (unpaired) electrons. The number of hydrogen-bond acceptors (Lipinski definition) is 4. The van der Waals surface area contributed by atoms with Crippen LogP contribution in [-0.2, 0) is 9.84 Å². The third kappa shape index (κ3) is 3.09. The van der Waals surface area contributed by atoms with E-state index in [1.54, 1.807) is 12.1 Å². The number of likely N-dealkylation sites (N-methyl/N-ethyl adjacent to an activating group) is 1. The molecule has 2 unspecified atom stereocenters. The highest BCUT2D eigenvalue weighted by molar-refractivity contribution is 7.90. The minimum atomic E-state index is -3.22. The molecule has 4 nitrogen and oxygen atoms in total. The molecule has 0 bridgehead atoms. The monoisotopic (exact) mass is 282 g/mol. The number of hydrogen-bond donors (Lipinski definition) is 1. The molecule has 19 heavy (non-hydrogen) atoms. The van der Waals surface area contributed by atoms with Gasteiger partial charge in [0.2, 0.25) is 0 Å². The Bertz CT molecular complexity index is 542. The predicted molar refractivity (Wildman–Crippen MR) is 78.2 cm³/mol. The summed E-state index contributed by atoms with van der Waals surface area (Å²) in [6, 6.07) is 7.49. The molecule has 0 saturated heterocycles. The molecular formula is C14H22N2O2S. The van der Waals surface area contributed by atoms with Gasteiger partial charge in [-0.2, -0.15) is 0 Å². The number of sulfone groups is 1. The molecule has 2 rings (SSSR count). The first-order chi connectivity index (χ1) is 8.91. The Morgan fingerprint density at radius 1 is 1.21 bits per heavy atom. The van der Waals surface area contributed by atoms with Gasteiger partial charge in [-0.25, -0.2) is 8.42 Å². The largest absolute Gasteiger partial charge is 0.369 e. The van der Waals surface area contributed by atoms with Crippen molar-refractivity contribution in [2.75, 3.05) is 18.2 Å². The summed E-state index contributed by atoms with van der Waals surface area (Å²) in [5.41, 5.74) is 6.94. The zero-order valence-corrected chi connectivity index (χ0v) is 12.4. The van der Waals surface area contributed by atoms with Gasteiger partial charge in [0, 0.05) is 25.4 Å². The van der Waals surface area contributed by atoms with Crippen molar-refractivity contribution < 1.29 is 8.42 Å². The molecule has 0 aromatic heterocycles. The van der Waals surface area contributed by atoms with Crippen molar-refractivity contribution in [3.8, 4) is 0 Å². The lowest BCUT2D eigenvalue weighted by atomic mass is 9.90. The highest BCUT2D eigenvalue weighted by atomic mass is 32.2. The van der Waals surface area contributed by atoms with Crippen molar-refractivity contribution in [1.82, 2.24) is 0 Å². The van der Waals surface area contributed by atoms with E-state index in [-0.39, 0.29) is 12.1 Å². The zero-order chi connectivity index (χ0) is 14.0. The summed E-state index contributed by atoms with van der Waals surface area (Å²) in [5, 5.41) is 0. The van der Waals surface area contributed by atoms with E-state index in [4.69, 9.17) is 5.73 Å². The Morgan fingerprint density at radius 3 is 2.47 bits per heavy atom. The van der Waals surface area contributed by atoms with Crippen LogP contribution in [-0.4, -0.2) is 33.8 Å². The number of nitrogens with two attached hydrogens (primary N) is 1. The maximum Gasteiger partial charge on any atom is 0.177 e. The lowest BCUT2D eigenvalue weighted by Crippen LogP contribution is -2.48. The fourth-order valence-corrected chi connectivity index (χ4v) is 3.78. The summed E-state index contributed by atoms with van der Waals surface area (Å²) < 4.78 is 23.7. The van der Waals surface area contributed by atoms with Gasteiger partial charge in [0.25, 0.3) is 0 Å². The second-order valence-electron chi connectivity index (χ2n) is 5.37. The van der Waals surface area contributed by atoms with Crippen molar-refractivity contribution in [2.24, 2.45) is 5.73 Å². The smallest absolute Gasteiger partial charge is 0.177 e. The normalized spacial score (nSPS) is 24.2. The molecule has 2 atom stereocenters. The van der Waals surface area contributed by atoms with Crippen molar-refractivity contribution >= 4 is 15.5 Å². The van der Waals surface area contributed by atoms with Gasteiger partial charge in [0.15, 0.2) is 9.84 Å². The van der Waals surface area contributed by atoms with E-state index in [1.807, 2.05) is 24.1 Å². The molecule has 1 aromatic carbocycles. The van der Waals surface area contributed by atoms with Crippen LogP contribution in [0.25, 0.3) is 0 Å². The van der Waals surface area contributed by atoms with Crippen LogP contribution in [0.3, 0.4) is 0 Å². The van der Waals surface area contributed by atoms with Crippen LogP contribution in [0.1, 0.15) is 25.7 Å². The second kappa shape index (κ2) is 5.51. The number of para-hydroxylation sites is 1. The van der Waals surface area contributed by atoms with E-state index in [0.717, 1.165) is 24.9 Å². The number of rotatable bonds is 3. The predicted octanol–water partition coefficient (Wildman–Crippen LogP) is 1.80. The highest BCUT2D eigenvalue weighted by Gasteiger charge is 2.28. The minimum absolute atomic E-state index is 0.117. The molecular weight excluding hydrogens is 260 g/mol. The fraction of sp³-hybridized carbons (Fsp3) is 0.571. The Balaban J connectivity index is 2.36. The second-order valence-corrected chi connectivity index (χ2v) is 7.35. The van der Waals surface area contributed by atoms with Gasteiger partial charge in [-0.15, -0.1) is 0 Å². The standard InChI is InChI=1S/C14H22N2O2S/c1-16(12-8-4-3-7-11(12)15)13-9-5-6-10-14(13)19(2,17)18/h5-6,9-12H,3-4,7-8,15H2,1-2H3. The molecule has 1 fully saturated rings. The Morgan fingerprint density at radius 2 is 1.84 bits per heavy atom. The molecule has 1 aromatic rings. The number of benzene rings is 1. The van der Waals surface area contributed by atoms with Gasteiger partial charge in [-0.1, -0.05) is 25.0 Å². The minimum Gasteiger partial charge on any atom is -0.369 e. The van der Waals surface area contributed by atoms with Gasteiger partial charge in [0.1, 0.15) is 0 Å². The molecule has 0 spiro atoms. The van der Waals surface area contributed by atoms with Crippen LogP contribution in [0.2, 0.25) is 0 Å². The first-order valence-corrected chi connectivity index (χ1v) is 8.58. The summed E-state index contributed by atoms with van der Waals surface area (Å²) in [6.45, 7) is 0. The third-order valence-corrected chi connectivity index (χ3v) is 5.07. The summed E-state index contributed by atoms with van der Waals surface area (Å²) in [7, 11) is -1.27. The van der Waals surface area contributed by atoms with Gasteiger partial charge in [0.05, 0.1) is 10.6 Å². The summed E-state index contributed by atoms with van der Waals surface area (Å²) in [5.74, 6) is 0. The summed E-state index contributed by atoms with van der Waals surface area (Å²) >= 11 is 0. The van der Waals surface area contributed by atoms with Crippen molar-refractivity contribution in [3.05, 3.63) is 24.3 Å². The topological polar surface area (TPSA) is 63.4 Å². The maximum atomic E-state index is 11.9. The first-order valence-electron chi connectivity index (χ1n) is 6.69. The Kier molecular flexibility index (Phi) is 4.16. The third-order valence-electron chi connectivity index (χ3n) is 3.92. The average Bonchev–Trinajstić information content (AvgIpc) is 2.37. The quantitative estimate of drug-likeness (QED) is 0.918. The summed E-state index contributed by atoms with van der Waals surface area (Å²) in [6.07, 6.45) is 5.61. The maximum absolute atomic E-state index is 11.9. The average molecular weight is 282 g/mol. The molecule has 0 amide bonds. The van der Waals surface area contributed by atoms with Gasteiger partial charge in [-0.05, 0) is 25.0 Å². The Hall–Kier alpha value is -1.07. The van der Waals surface area contributed by atoms with E-state index in [0.29, 0.717) is 4.90 Å². The SMILES string of the molecule is CN(c1ccccc1S(C)(=O)=O)C1CCCCC1N. The molecule has 0 heterocycles. The van der Waals surface area contributed by atoms with Gasteiger partial charge in [-0.3, -0.25) is 0 Å². The van der Waals surface area contributed by atoms with Gasteiger partial charge < -0.3 is 10.6 Å². The van der Waals surface area contributed by atoms with Crippen LogP contribution < -0.4 is 10.6 Å². The van der Waals surface area contributed by atoms with Crippen LogP contribution in [0, 0.1) is 0 Å². The van der Waals surface area contributed by atoms with Crippen LogP contribution in [0.15, 0.2) is 29.2 Å². The van der Waals surface area contributed by atoms with Crippen molar-refractivity contribution in [2.45, 2.75) is 42.7 Å². The number of nitrogens with zero attached hydrogens (tertiary/aromatic N) is 1. The highest BCUT2D eigenvalue weighted by Crippen LogP contribution is 2.30. The van der Waals surface area contributed by atoms with Crippen LogP contribution in [0.4, 0.5) is 5.69 Å². The van der Waals surface area contributed by atoms with Crippen molar-refractivity contribution in [1.29, 1.82) is 0 Å². The zero-order valence-electron chi connectivity index (χ0n) is 11.5. The lowest BCUT2D eigenvalue weighted by molar-refractivity contribution is 0.373. The molecule has 1 saturated carbocycles.